The molecule has 0 saturated carbocycles. The largest absolute Gasteiger partial charge is 0.387 e. The van der Waals surface area contributed by atoms with E-state index in [1.54, 1.807) is 0 Å². The van der Waals surface area contributed by atoms with Crippen molar-refractivity contribution >= 4 is 0 Å². The van der Waals surface area contributed by atoms with E-state index in [1.807, 2.05) is 0 Å². The lowest BCUT2D eigenvalue weighted by Gasteiger charge is -2.37. The molecule has 3 nitrogen and oxygen atoms in total. The first-order valence-electron chi connectivity index (χ1n) is 5.52. The number of aliphatic hydroxyl groups is 1. The molecule has 1 saturated heterocycles. The summed E-state index contributed by atoms with van der Waals surface area (Å²) in [6.07, 6.45) is 1.79. The van der Waals surface area contributed by atoms with Gasteiger partial charge in [0.15, 0.2) is 0 Å². The number of likely N-dealkylation sites (N-methyl/N-ethyl adjacent to an activating group) is 1. The van der Waals surface area contributed by atoms with Crippen LogP contribution in [0.5, 0.6) is 0 Å². The summed E-state index contributed by atoms with van der Waals surface area (Å²) in [7, 11) is 4.15. The zero-order valence-corrected chi connectivity index (χ0v) is 9.84. The maximum Gasteiger partial charge on any atom is 0.106 e. The summed E-state index contributed by atoms with van der Waals surface area (Å²) in [6.45, 7) is 5.83. The third kappa shape index (κ3) is 3.56. The Labute approximate surface area is 87.1 Å². The third-order valence-electron chi connectivity index (χ3n) is 2.90. The van der Waals surface area contributed by atoms with Crippen molar-refractivity contribution in [2.75, 3.05) is 27.2 Å². The number of rotatable bonds is 3. The van der Waals surface area contributed by atoms with Crippen molar-refractivity contribution < 1.29 is 14.7 Å². The molecule has 0 amide bonds. The Morgan fingerprint density at radius 2 is 2.14 bits per heavy atom. The molecule has 2 atom stereocenters. The van der Waals surface area contributed by atoms with Gasteiger partial charge in [-0.3, -0.25) is 0 Å². The minimum Gasteiger partial charge on any atom is -0.387 e. The average molecular weight is 202 g/mol. The molecule has 0 aliphatic carbocycles. The molecule has 0 aromatic carbocycles. The number of nitrogens with one attached hydrogen (secondary N) is 1. The quantitative estimate of drug-likeness (QED) is 0.659. The molecule has 0 spiro atoms. The number of hydrogen-bond donors (Lipinski definition) is 2. The molecule has 0 aromatic heterocycles. The summed E-state index contributed by atoms with van der Waals surface area (Å²) < 4.78 is 5.63. The highest BCUT2D eigenvalue weighted by Crippen LogP contribution is 2.30. The third-order valence-corrected chi connectivity index (χ3v) is 2.90. The zero-order valence-electron chi connectivity index (χ0n) is 9.84. The predicted octanol–water partition coefficient (Wildman–Crippen LogP) is -0.303. The lowest BCUT2D eigenvalue weighted by atomic mass is 9.84. The van der Waals surface area contributed by atoms with Crippen LogP contribution in [0.15, 0.2) is 0 Å². The number of quaternary nitrogens is 1. The second-order valence-corrected chi connectivity index (χ2v) is 5.34. The fraction of sp³-hybridized carbons (Fsp3) is 1.00. The second-order valence-electron chi connectivity index (χ2n) is 5.34. The first-order chi connectivity index (χ1) is 6.41. The van der Waals surface area contributed by atoms with Crippen LogP contribution >= 0.6 is 0 Å². The van der Waals surface area contributed by atoms with Crippen molar-refractivity contribution in [1.29, 1.82) is 0 Å². The Morgan fingerprint density at radius 1 is 1.50 bits per heavy atom. The van der Waals surface area contributed by atoms with Crippen LogP contribution in [-0.2, 0) is 4.74 Å². The van der Waals surface area contributed by atoms with Crippen LogP contribution in [0.25, 0.3) is 0 Å². The van der Waals surface area contributed by atoms with Crippen LogP contribution in [0.1, 0.15) is 26.7 Å². The molecule has 1 aliphatic heterocycles. The standard InChI is InChI=1S/C11H23NO2/c1-11(2)7-9(5-6-14-11)10(13)8-12(3)4/h9-10,13H,5-8H2,1-4H3/p+1/t9-,10-/m0/s1. The van der Waals surface area contributed by atoms with Gasteiger partial charge in [-0.2, -0.15) is 0 Å². The first kappa shape index (κ1) is 12.0. The number of aliphatic hydroxyl groups excluding tert-OH is 1. The normalized spacial score (nSPS) is 29.1. The molecule has 0 radical (unpaired) electrons. The molecule has 0 unspecified atom stereocenters. The number of ether oxygens (including phenoxy) is 1. The molecule has 1 fully saturated rings. The van der Waals surface area contributed by atoms with Crippen LogP contribution in [0, 0.1) is 5.92 Å². The summed E-state index contributed by atoms with van der Waals surface area (Å²) in [6, 6.07) is 0. The van der Waals surface area contributed by atoms with Crippen molar-refractivity contribution in [1.82, 2.24) is 0 Å². The van der Waals surface area contributed by atoms with Gasteiger partial charge < -0.3 is 14.7 Å². The van der Waals surface area contributed by atoms with E-state index in [9.17, 15) is 5.11 Å². The fourth-order valence-electron chi connectivity index (χ4n) is 2.19. The minimum atomic E-state index is -0.178. The van der Waals surface area contributed by atoms with Gasteiger partial charge in [-0.25, -0.2) is 0 Å². The smallest absolute Gasteiger partial charge is 0.106 e. The van der Waals surface area contributed by atoms with Crippen LogP contribution < -0.4 is 4.90 Å². The van der Waals surface area contributed by atoms with Gasteiger partial charge in [0.25, 0.3) is 0 Å². The van der Waals surface area contributed by atoms with Crippen molar-refractivity contribution in [3.8, 4) is 0 Å². The predicted molar refractivity (Wildman–Crippen MR) is 56.4 cm³/mol. The summed E-state index contributed by atoms with van der Waals surface area (Å²) in [5, 5.41) is 10.0. The summed E-state index contributed by atoms with van der Waals surface area (Å²) in [5.41, 5.74) is -0.0501. The highest BCUT2D eigenvalue weighted by molar-refractivity contribution is 4.82. The van der Waals surface area contributed by atoms with E-state index in [-0.39, 0.29) is 11.7 Å². The number of hydrogen-bond acceptors (Lipinski definition) is 2. The van der Waals surface area contributed by atoms with Crippen molar-refractivity contribution in [2.24, 2.45) is 5.92 Å². The van der Waals surface area contributed by atoms with Gasteiger partial charge in [0.05, 0.1) is 19.7 Å². The first-order valence-corrected chi connectivity index (χ1v) is 5.52. The molecular formula is C11H24NO2+. The van der Waals surface area contributed by atoms with E-state index in [4.69, 9.17) is 4.74 Å². The van der Waals surface area contributed by atoms with Gasteiger partial charge in [0, 0.05) is 6.61 Å². The van der Waals surface area contributed by atoms with Crippen molar-refractivity contribution in [3.63, 3.8) is 0 Å². The molecule has 1 aliphatic rings. The summed E-state index contributed by atoms with van der Waals surface area (Å²) in [5.74, 6) is 0.411. The Bertz CT molecular complexity index is 180. The van der Waals surface area contributed by atoms with Gasteiger partial charge in [-0.1, -0.05) is 0 Å². The Kier molecular flexibility index (Phi) is 3.93. The van der Waals surface area contributed by atoms with Crippen LogP contribution in [0.2, 0.25) is 0 Å². The van der Waals surface area contributed by atoms with Crippen LogP contribution in [0.4, 0.5) is 0 Å². The van der Waals surface area contributed by atoms with E-state index in [0.29, 0.717) is 5.92 Å². The molecule has 1 heterocycles. The van der Waals surface area contributed by atoms with Gasteiger partial charge in [0.1, 0.15) is 12.6 Å². The Hall–Kier alpha value is -0.120. The highest BCUT2D eigenvalue weighted by Gasteiger charge is 2.33. The molecule has 1 rings (SSSR count). The van der Waals surface area contributed by atoms with Crippen LogP contribution in [0.3, 0.4) is 0 Å². The average Bonchev–Trinajstić information content (AvgIpc) is 2.01. The second kappa shape index (κ2) is 4.60. The minimum absolute atomic E-state index is 0.0501. The molecule has 3 heteroatoms. The van der Waals surface area contributed by atoms with E-state index < -0.39 is 0 Å². The zero-order chi connectivity index (χ0) is 10.8. The molecule has 2 N–H and O–H groups in total. The molecule has 14 heavy (non-hydrogen) atoms. The Balaban J connectivity index is 2.43. The lowest BCUT2D eigenvalue weighted by Crippen LogP contribution is -3.07. The van der Waals surface area contributed by atoms with Crippen molar-refractivity contribution in [2.45, 2.75) is 38.4 Å². The SMILES string of the molecule is C[NH+](C)C[C@H](O)[C@H]1CCOC(C)(C)C1. The molecular weight excluding hydrogens is 178 g/mol. The summed E-state index contributed by atoms with van der Waals surface area (Å²) in [4.78, 5) is 1.31. The van der Waals surface area contributed by atoms with Crippen LogP contribution in [-0.4, -0.2) is 44.1 Å². The van der Waals surface area contributed by atoms with E-state index in [2.05, 4.69) is 27.9 Å². The molecule has 84 valence electrons. The lowest BCUT2D eigenvalue weighted by molar-refractivity contribution is -0.862. The Morgan fingerprint density at radius 3 is 2.64 bits per heavy atom. The van der Waals surface area contributed by atoms with Gasteiger partial charge in [0.2, 0.25) is 0 Å². The molecule has 0 aromatic rings. The van der Waals surface area contributed by atoms with Gasteiger partial charge >= 0.3 is 0 Å². The topological polar surface area (TPSA) is 33.9 Å². The fourth-order valence-corrected chi connectivity index (χ4v) is 2.19. The van der Waals surface area contributed by atoms with E-state index in [0.717, 1.165) is 26.0 Å². The molecule has 0 bridgehead atoms. The van der Waals surface area contributed by atoms with Crippen molar-refractivity contribution in [3.05, 3.63) is 0 Å². The van der Waals surface area contributed by atoms with Gasteiger partial charge in [-0.15, -0.1) is 0 Å². The maximum atomic E-state index is 10.0. The van der Waals surface area contributed by atoms with E-state index in [1.165, 1.54) is 4.90 Å². The monoisotopic (exact) mass is 202 g/mol. The van der Waals surface area contributed by atoms with Gasteiger partial charge in [-0.05, 0) is 32.6 Å². The van der Waals surface area contributed by atoms with E-state index >= 15 is 0 Å². The summed E-state index contributed by atoms with van der Waals surface area (Å²) >= 11 is 0. The maximum absolute atomic E-state index is 10.0. The highest BCUT2D eigenvalue weighted by atomic mass is 16.5.